The summed E-state index contributed by atoms with van der Waals surface area (Å²) in [5.41, 5.74) is -0.227. The number of nitrogens with zero attached hydrogens (tertiary/aromatic N) is 6. The summed E-state index contributed by atoms with van der Waals surface area (Å²) in [5, 5.41) is 16.1. The van der Waals surface area contributed by atoms with Crippen LogP contribution in [0.1, 0.15) is 211 Å². The summed E-state index contributed by atoms with van der Waals surface area (Å²) in [6.07, 6.45) is 5.12. The van der Waals surface area contributed by atoms with Crippen molar-refractivity contribution in [1.82, 2.24) is 39.0 Å². The van der Waals surface area contributed by atoms with Gasteiger partial charge in [-0.2, -0.15) is 0 Å². The number of esters is 3. The fourth-order valence-corrected chi connectivity index (χ4v) is 14.2. The highest BCUT2D eigenvalue weighted by molar-refractivity contribution is 6.18. The maximum Gasteiger partial charge on any atom is 0.410 e. The Morgan fingerprint density at radius 2 is 0.724 bits per heavy atom. The maximum atomic E-state index is 14.2. The molecule has 3 saturated heterocycles. The number of carbonyl (C=O) groups excluding carboxylic acids is 8. The number of carbonyl (C=O) groups is 9. The molecule has 0 bridgehead atoms. The molecule has 32 heteroatoms. The Morgan fingerprint density at radius 3 is 1.03 bits per heavy atom. The first kappa shape index (κ1) is 90.7. The van der Waals surface area contributed by atoms with Crippen molar-refractivity contribution in [3.05, 3.63) is 215 Å². The molecule has 7 heterocycles. The van der Waals surface area contributed by atoms with E-state index in [4.69, 9.17) is 37.9 Å². The third kappa shape index (κ3) is 22.0. The van der Waals surface area contributed by atoms with Gasteiger partial charge in [0.1, 0.15) is 56.7 Å². The number of aromatic nitrogens is 3. The average molecular weight is 1710 g/mol. The summed E-state index contributed by atoms with van der Waals surface area (Å²) in [4.78, 5) is 121. The van der Waals surface area contributed by atoms with Gasteiger partial charge in [0.15, 0.2) is 52.2 Å². The van der Waals surface area contributed by atoms with E-state index in [0.717, 1.165) is 36.4 Å². The van der Waals surface area contributed by atoms with Crippen LogP contribution in [0, 0.1) is 34.9 Å². The van der Waals surface area contributed by atoms with E-state index in [1.807, 2.05) is 20.8 Å². The van der Waals surface area contributed by atoms with E-state index in [9.17, 15) is 74.6 Å². The van der Waals surface area contributed by atoms with Gasteiger partial charge in [0.05, 0.1) is 35.9 Å². The lowest BCUT2D eigenvalue weighted by Gasteiger charge is -2.24. The van der Waals surface area contributed by atoms with Gasteiger partial charge < -0.3 is 82.0 Å². The van der Waals surface area contributed by atoms with Gasteiger partial charge in [-0.1, -0.05) is 54.6 Å². The second-order valence-corrected chi connectivity index (χ2v) is 34.8. The van der Waals surface area contributed by atoms with Crippen LogP contribution in [-0.2, 0) is 23.7 Å². The molecule has 3 atom stereocenters. The lowest BCUT2D eigenvalue weighted by Crippen LogP contribution is -2.41. The van der Waals surface area contributed by atoms with Crippen molar-refractivity contribution in [3.8, 4) is 67.9 Å². The van der Waals surface area contributed by atoms with E-state index in [1.165, 1.54) is 64.1 Å². The second-order valence-electron chi connectivity index (χ2n) is 34.8. The van der Waals surface area contributed by atoms with Crippen molar-refractivity contribution in [2.75, 3.05) is 45.9 Å². The average Bonchev–Trinajstić information content (AvgIpc) is 1.60. The first-order valence-electron chi connectivity index (χ1n) is 39.8. The van der Waals surface area contributed by atoms with E-state index < -0.39 is 140 Å². The molecule has 9 aromatic rings. The number of benzene rings is 6. The Balaban J connectivity index is 0.000000180. The van der Waals surface area contributed by atoms with Gasteiger partial charge in [0.2, 0.25) is 0 Å². The largest absolute Gasteiger partial charge is 0.477 e. The third-order valence-corrected chi connectivity index (χ3v) is 19.3. The number of ether oxygens (including phenoxy) is 8. The molecule has 13 rings (SSSR count). The smallest absolute Gasteiger partial charge is 0.410 e. The molecule has 5 amide bonds. The number of amides is 5. The Labute approximate surface area is 706 Å². The van der Waals surface area contributed by atoms with Gasteiger partial charge in [-0.05, 0) is 220 Å². The zero-order valence-electron chi connectivity index (χ0n) is 71.0. The van der Waals surface area contributed by atoms with Crippen LogP contribution in [0.3, 0.4) is 0 Å². The molecule has 3 aromatic heterocycles. The Bertz CT molecular complexity index is 5450. The first-order valence-corrected chi connectivity index (χ1v) is 39.8. The highest BCUT2D eigenvalue weighted by Crippen LogP contribution is 2.43. The number of nitrogens with one attached hydrogen (secondary N) is 2. The molecule has 4 aliphatic rings. The molecule has 123 heavy (non-hydrogen) atoms. The number of carboxylic acid groups (broad SMARTS) is 1. The lowest BCUT2D eigenvalue weighted by atomic mass is 10.0. The van der Waals surface area contributed by atoms with E-state index >= 15 is 0 Å². The van der Waals surface area contributed by atoms with Crippen LogP contribution in [0.15, 0.2) is 146 Å². The van der Waals surface area contributed by atoms with E-state index in [1.54, 1.807) is 164 Å². The van der Waals surface area contributed by atoms with Crippen LogP contribution >= 0.6 is 0 Å². The predicted molar refractivity (Wildman–Crippen MR) is 440 cm³/mol. The van der Waals surface area contributed by atoms with Gasteiger partial charge in [-0.25, -0.2) is 59.9 Å². The number of carboxylic acids is 1. The molecular formula is C91H98F6N8O18. The van der Waals surface area contributed by atoms with Crippen molar-refractivity contribution >= 4 is 54.0 Å². The number of rotatable bonds is 17. The molecule has 652 valence electrons. The zero-order valence-corrected chi connectivity index (χ0v) is 71.0. The Morgan fingerprint density at radius 1 is 0.423 bits per heavy atom. The van der Waals surface area contributed by atoms with Crippen LogP contribution in [0.25, 0.3) is 33.4 Å². The van der Waals surface area contributed by atoms with Gasteiger partial charge >= 0.3 is 42.2 Å². The van der Waals surface area contributed by atoms with Crippen LogP contribution in [0.5, 0.6) is 34.5 Å². The SMILES string of the molecule is CC(C)(C)NC(=O)c1c(-c2ccc(Oc3c(F)cccc3F)cc2)cn([C@@H]2CCN(C(=O)OC(C)(C)C)C2)c1C(=O)O.CC(C)(C)OC(=O)N1CC[C@@H](n2cc(-c3ccc(Oc4c(F)cccc4F)cc3)c3c2C(=O)OC3=O)C1.CCOC(=O)c1c(C(=O)NC(C)(C)C)c(-c2ccc(Oc3c(F)cccc3F)cc2)cn1[C@@H]1CCN(C(=O)OC(C)(C)C)C1. The summed E-state index contributed by atoms with van der Waals surface area (Å²) < 4.78 is 132. The monoisotopic (exact) mass is 1700 g/mol. The number of hydrogen-bond acceptors (Lipinski definition) is 17. The predicted octanol–water partition coefficient (Wildman–Crippen LogP) is 19.5. The van der Waals surface area contributed by atoms with Gasteiger partial charge in [0.25, 0.3) is 11.8 Å². The minimum atomic E-state index is -1.30. The normalized spacial score (nSPS) is 15.9. The Kier molecular flexibility index (Phi) is 26.8. The second kappa shape index (κ2) is 36.3. The summed E-state index contributed by atoms with van der Waals surface area (Å²) >= 11 is 0. The molecule has 0 radical (unpaired) electrons. The van der Waals surface area contributed by atoms with Crippen molar-refractivity contribution < 1.29 is 112 Å². The quantitative estimate of drug-likeness (QED) is 0.0330. The van der Waals surface area contributed by atoms with Crippen LogP contribution < -0.4 is 24.8 Å². The highest BCUT2D eigenvalue weighted by Gasteiger charge is 2.43. The molecule has 0 spiro atoms. The molecule has 3 fully saturated rings. The molecule has 0 aliphatic carbocycles. The van der Waals surface area contributed by atoms with Gasteiger partial charge in [-0.15, -0.1) is 0 Å². The Hall–Kier alpha value is -13.0. The van der Waals surface area contributed by atoms with Gasteiger partial charge in [0, 0.05) is 85.6 Å². The zero-order chi connectivity index (χ0) is 89.9. The number of aromatic carboxylic acids is 1. The summed E-state index contributed by atoms with van der Waals surface area (Å²) in [7, 11) is 0. The standard InChI is InChI=1S/C33H39F2N3O6.C31H35F2N3O6.C27H24F2N2O6/c1-8-42-30(40)27-26(29(39)36-32(2,3)4)23(19-38(27)21-16-17-37(18-21)31(41)44-33(5,6)7)20-12-14-22(15-13-20)43-28-24(34)10-9-11-25(28)35;1-30(2,3)34-27(37)24-21(18-10-12-20(13-11-18)41-26-22(32)8-7-9-23(26)33)17-36(25(24)28(38)39)19-14-15-35(16-19)29(40)42-31(4,5)6;1-27(2,3)37-26(34)30-12-11-16(13-30)31-14-18(21-22(31)25(33)36-24(21)32)15-7-9-17(10-8-15)35-23-19(28)5-4-6-20(23)29/h9-15,19,21H,8,16-18H2,1-7H3,(H,36,39);7-13,17,19H,14-16H2,1-6H3,(H,34,37)(H,38,39);4-10,14,16H,11-13H2,1-3H3/t21-;19-;16-/m111/s1. The third-order valence-electron chi connectivity index (χ3n) is 19.3. The van der Waals surface area contributed by atoms with Crippen molar-refractivity contribution in [3.63, 3.8) is 0 Å². The maximum absolute atomic E-state index is 14.2. The lowest BCUT2D eigenvalue weighted by molar-refractivity contribution is 0.0278. The van der Waals surface area contributed by atoms with Gasteiger partial charge in [-0.3, -0.25) is 9.59 Å². The summed E-state index contributed by atoms with van der Waals surface area (Å²) in [6, 6.07) is 27.9. The minimum absolute atomic E-state index is 0.0399. The molecule has 3 N–H and O–H groups in total. The fraction of sp³-hybridized carbons (Fsp3) is 0.374. The van der Waals surface area contributed by atoms with Crippen LogP contribution in [0.4, 0.5) is 40.7 Å². The first-order chi connectivity index (χ1) is 57.6. The number of cyclic esters (lactones) is 2. The summed E-state index contributed by atoms with van der Waals surface area (Å²) in [5.74, 6) is -10.7. The molecule has 0 unspecified atom stereocenters. The number of halogens is 6. The number of para-hydroxylation sites is 3. The molecule has 4 aliphatic heterocycles. The van der Waals surface area contributed by atoms with Crippen molar-refractivity contribution in [2.45, 2.75) is 176 Å². The van der Waals surface area contributed by atoms with Crippen molar-refractivity contribution in [2.24, 2.45) is 0 Å². The number of hydrogen-bond donors (Lipinski definition) is 3. The molecular weight excluding hydrogens is 1610 g/mol. The highest BCUT2D eigenvalue weighted by atomic mass is 19.2. The molecule has 26 nitrogen and oxygen atoms in total. The van der Waals surface area contributed by atoms with E-state index in [2.05, 4.69) is 10.6 Å². The fourth-order valence-electron chi connectivity index (χ4n) is 14.2. The van der Waals surface area contributed by atoms with Crippen LogP contribution in [0.2, 0.25) is 0 Å². The summed E-state index contributed by atoms with van der Waals surface area (Å²) in [6.45, 7) is 30.6. The number of fused-ring (bicyclic) bond motifs is 1. The topological polar surface area (TPSA) is 296 Å². The van der Waals surface area contributed by atoms with Crippen molar-refractivity contribution in [1.29, 1.82) is 0 Å². The number of likely N-dealkylation sites (tertiary alicyclic amines) is 3. The molecule has 0 saturated carbocycles. The molecule has 6 aromatic carbocycles. The van der Waals surface area contributed by atoms with E-state index in [0.29, 0.717) is 78.8 Å². The van der Waals surface area contributed by atoms with Crippen LogP contribution in [-0.4, -0.2) is 161 Å². The van der Waals surface area contributed by atoms with E-state index in [-0.39, 0.29) is 82.8 Å². The minimum Gasteiger partial charge on any atom is -0.477 e.